The van der Waals surface area contributed by atoms with Crippen LogP contribution in [0.5, 0.6) is 0 Å². The van der Waals surface area contributed by atoms with Crippen LogP contribution < -0.4 is 10.6 Å². The number of rotatable bonds is 5. The molecule has 0 bridgehead atoms. The average molecular weight is 358 g/mol. The number of nitrogens with one attached hydrogen (secondary N) is 3. The van der Waals surface area contributed by atoms with Crippen LogP contribution in [0.15, 0.2) is 6.08 Å². The smallest absolute Gasteiger partial charge is 0.221 e. The fourth-order valence-corrected chi connectivity index (χ4v) is 3.99. The molecule has 3 N–H and O–H groups in total. The van der Waals surface area contributed by atoms with Crippen molar-refractivity contribution in [3.63, 3.8) is 0 Å². The van der Waals surface area contributed by atoms with Crippen LogP contribution in [0.25, 0.3) is 6.08 Å². The van der Waals surface area contributed by atoms with Gasteiger partial charge in [0.25, 0.3) is 0 Å². The summed E-state index contributed by atoms with van der Waals surface area (Å²) in [5.41, 5.74) is 4.16. The van der Waals surface area contributed by atoms with E-state index in [4.69, 9.17) is 0 Å². The first-order valence-electron chi connectivity index (χ1n) is 9.57. The number of hydrogen-bond acceptors (Lipinski definition) is 3. The van der Waals surface area contributed by atoms with Gasteiger partial charge < -0.3 is 20.5 Å². The summed E-state index contributed by atoms with van der Waals surface area (Å²) in [6, 6.07) is 0.526. The Morgan fingerprint density at radius 2 is 1.85 bits per heavy atom. The van der Waals surface area contributed by atoms with Gasteiger partial charge in [0, 0.05) is 36.7 Å². The summed E-state index contributed by atoms with van der Waals surface area (Å²) >= 11 is 0. The minimum Gasteiger partial charge on any atom is -0.358 e. The SMILES string of the molecule is CCC(=O)NC1(NC(=O)CC)C=Cc2[nH]c3c(c2C1)CC(N(C)C)CC3. The number of nitrogens with zero attached hydrogens (tertiary/aromatic N) is 1. The van der Waals surface area contributed by atoms with Crippen LogP contribution >= 0.6 is 0 Å². The lowest BCUT2D eigenvalue weighted by Gasteiger charge is -2.36. The Labute approximate surface area is 155 Å². The molecular weight excluding hydrogens is 328 g/mol. The molecule has 0 radical (unpaired) electrons. The number of likely N-dealkylation sites (N-methyl/N-ethyl adjacent to an activating group) is 1. The third kappa shape index (κ3) is 3.56. The topological polar surface area (TPSA) is 77.2 Å². The normalized spacial score (nSPS) is 20.4. The predicted molar refractivity (Wildman–Crippen MR) is 103 cm³/mol. The van der Waals surface area contributed by atoms with Gasteiger partial charge in [-0.1, -0.05) is 13.8 Å². The van der Waals surface area contributed by atoms with Gasteiger partial charge in [-0.05, 0) is 56.6 Å². The van der Waals surface area contributed by atoms with Crippen LogP contribution in [0.1, 0.15) is 55.6 Å². The average Bonchev–Trinajstić information content (AvgIpc) is 2.98. The minimum absolute atomic E-state index is 0.0647. The fraction of sp³-hybridized carbons (Fsp3) is 0.600. The van der Waals surface area contributed by atoms with Gasteiger partial charge >= 0.3 is 0 Å². The monoisotopic (exact) mass is 358 g/mol. The van der Waals surface area contributed by atoms with E-state index in [1.165, 1.54) is 16.8 Å². The Balaban J connectivity index is 1.93. The highest BCUT2D eigenvalue weighted by Gasteiger charge is 2.37. The highest BCUT2D eigenvalue weighted by Crippen LogP contribution is 2.34. The van der Waals surface area contributed by atoms with Crippen molar-refractivity contribution >= 4 is 17.9 Å². The number of hydrogen-bond donors (Lipinski definition) is 3. The van der Waals surface area contributed by atoms with E-state index in [1.807, 2.05) is 26.0 Å². The van der Waals surface area contributed by atoms with Gasteiger partial charge in [0.1, 0.15) is 5.66 Å². The largest absolute Gasteiger partial charge is 0.358 e. The van der Waals surface area contributed by atoms with Gasteiger partial charge in [-0.3, -0.25) is 9.59 Å². The molecule has 2 aliphatic rings. The van der Waals surface area contributed by atoms with E-state index < -0.39 is 5.66 Å². The lowest BCUT2D eigenvalue weighted by atomic mass is 9.84. The van der Waals surface area contributed by atoms with E-state index in [0.29, 0.717) is 25.3 Å². The van der Waals surface area contributed by atoms with Crippen molar-refractivity contribution in [1.82, 2.24) is 20.5 Å². The minimum atomic E-state index is -0.839. The van der Waals surface area contributed by atoms with Crippen LogP contribution in [-0.2, 0) is 28.9 Å². The maximum atomic E-state index is 12.1. The number of carbonyl (C=O) groups excluding carboxylic acids is 2. The Morgan fingerprint density at radius 1 is 1.19 bits per heavy atom. The molecule has 1 atom stereocenters. The molecule has 0 aromatic carbocycles. The van der Waals surface area contributed by atoms with E-state index in [2.05, 4.69) is 34.6 Å². The fourth-order valence-electron chi connectivity index (χ4n) is 3.99. The van der Waals surface area contributed by atoms with Crippen molar-refractivity contribution in [3.05, 3.63) is 28.6 Å². The first kappa shape index (κ1) is 18.7. The van der Waals surface area contributed by atoms with Crippen molar-refractivity contribution in [2.24, 2.45) is 0 Å². The predicted octanol–water partition coefficient (Wildman–Crippen LogP) is 1.75. The second-order valence-corrected chi connectivity index (χ2v) is 7.62. The Bertz CT molecular complexity index is 714. The number of carbonyl (C=O) groups is 2. The third-order valence-electron chi connectivity index (χ3n) is 5.59. The molecule has 0 aliphatic heterocycles. The highest BCUT2D eigenvalue weighted by atomic mass is 16.2. The number of aryl methyl sites for hydroxylation is 1. The van der Waals surface area contributed by atoms with Crippen molar-refractivity contribution in [1.29, 1.82) is 0 Å². The molecule has 6 nitrogen and oxygen atoms in total. The van der Waals surface area contributed by atoms with Gasteiger partial charge in [0.15, 0.2) is 0 Å². The van der Waals surface area contributed by atoms with Crippen LogP contribution in [0.3, 0.4) is 0 Å². The zero-order valence-corrected chi connectivity index (χ0v) is 16.2. The Morgan fingerprint density at radius 3 is 2.42 bits per heavy atom. The molecule has 2 aliphatic carbocycles. The van der Waals surface area contributed by atoms with E-state index in [-0.39, 0.29) is 11.8 Å². The summed E-state index contributed by atoms with van der Waals surface area (Å²) in [5, 5.41) is 6.07. The van der Waals surface area contributed by atoms with Gasteiger partial charge in [0.2, 0.25) is 11.8 Å². The summed E-state index contributed by atoms with van der Waals surface area (Å²) in [7, 11) is 4.25. The number of H-pyrrole nitrogens is 1. The van der Waals surface area contributed by atoms with E-state index in [0.717, 1.165) is 25.0 Å². The number of fused-ring (bicyclic) bond motifs is 3. The van der Waals surface area contributed by atoms with Crippen LogP contribution in [0.4, 0.5) is 0 Å². The second-order valence-electron chi connectivity index (χ2n) is 7.62. The molecule has 1 aromatic heterocycles. The molecule has 142 valence electrons. The summed E-state index contributed by atoms with van der Waals surface area (Å²) in [6.45, 7) is 3.64. The summed E-state index contributed by atoms with van der Waals surface area (Å²) in [5.74, 6) is -0.129. The molecule has 0 spiro atoms. The first-order chi connectivity index (χ1) is 12.4. The third-order valence-corrected chi connectivity index (χ3v) is 5.59. The van der Waals surface area contributed by atoms with Crippen LogP contribution in [0, 0.1) is 0 Å². The lowest BCUT2D eigenvalue weighted by molar-refractivity contribution is -0.125. The van der Waals surface area contributed by atoms with Crippen molar-refractivity contribution < 1.29 is 9.59 Å². The quantitative estimate of drug-likeness (QED) is 0.702. The highest BCUT2D eigenvalue weighted by molar-refractivity contribution is 5.81. The standard InChI is InChI=1S/C20H30N4O2/c1-5-18(25)22-20(23-19(26)6-2)10-9-17-15(12-20)14-11-13(24(3)4)7-8-16(14)21-17/h9-10,13,21H,5-8,11-12H2,1-4H3,(H,22,25)(H,23,26). The molecule has 2 amide bonds. The Kier molecular flexibility index (Phi) is 5.23. The van der Waals surface area contributed by atoms with Gasteiger partial charge in [-0.25, -0.2) is 0 Å². The van der Waals surface area contributed by atoms with E-state index in [1.54, 1.807) is 0 Å². The Hall–Kier alpha value is -2.08. The van der Waals surface area contributed by atoms with Crippen molar-refractivity contribution in [2.45, 2.75) is 64.1 Å². The molecule has 0 saturated carbocycles. The molecule has 1 unspecified atom stereocenters. The van der Waals surface area contributed by atoms with Gasteiger partial charge in [0.05, 0.1) is 0 Å². The van der Waals surface area contributed by atoms with Crippen molar-refractivity contribution in [2.75, 3.05) is 14.1 Å². The number of amides is 2. The summed E-state index contributed by atoms with van der Waals surface area (Å²) in [4.78, 5) is 30.1. The molecule has 0 fully saturated rings. The first-order valence-corrected chi connectivity index (χ1v) is 9.57. The molecule has 3 rings (SSSR count). The van der Waals surface area contributed by atoms with Gasteiger partial charge in [-0.2, -0.15) is 0 Å². The summed E-state index contributed by atoms with van der Waals surface area (Å²) in [6.07, 6.45) is 8.47. The van der Waals surface area contributed by atoms with Crippen LogP contribution in [0.2, 0.25) is 0 Å². The zero-order chi connectivity index (χ0) is 18.9. The zero-order valence-electron chi connectivity index (χ0n) is 16.2. The number of aromatic nitrogens is 1. The van der Waals surface area contributed by atoms with Gasteiger partial charge in [-0.15, -0.1) is 0 Å². The molecular formula is C20H30N4O2. The second kappa shape index (κ2) is 7.27. The van der Waals surface area contributed by atoms with E-state index >= 15 is 0 Å². The van der Waals surface area contributed by atoms with Crippen LogP contribution in [-0.4, -0.2) is 47.5 Å². The lowest BCUT2D eigenvalue weighted by Crippen LogP contribution is -2.61. The maximum Gasteiger partial charge on any atom is 0.221 e. The summed E-state index contributed by atoms with van der Waals surface area (Å²) < 4.78 is 0. The molecule has 0 saturated heterocycles. The molecule has 26 heavy (non-hydrogen) atoms. The van der Waals surface area contributed by atoms with Crippen molar-refractivity contribution in [3.8, 4) is 0 Å². The molecule has 1 heterocycles. The molecule has 1 aromatic rings. The molecule has 6 heteroatoms. The number of aromatic amines is 1. The van der Waals surface area contributed by atoms with E-state index in [9.17, 15) is 9.59 Å². The maximum absolute atomic E-state index is 12.1.